The SMILES string of the molecule is C[C@@H](C(=O)NC(C)(C)C)N1CCN(c2ccccc2O)CC1. The summed E-state index contributed by atoms with van der Waals surface area (Å²) in [6, 6.07) is 7.27. The lowest BCUT2D eigenvalue weighted by molar-refractivity contribution is -0.127. The van der Waals surface area contributed by atoms with Gasteiger partial charge in [0.05, 0.1) is 11.7 Å². The van der Waals surface area contributed by atoms with Gasteiger partial charge in [0.15, 0.2) is 0 Å². The molecule has 1 fully saturated rings. The molecule has 1 heterocycles. The van der Waals surface area contributed by atoms with Gasteiger partial charge in [-0.15, -0.1) is 0 Å². The Kier molecular flexibility index (Phi) is 4.96. The fourth-order valence-electron chi connectivity index (χ4n) is 2.72. The van der Waals surface area contributed by atoms with Gasteiger partial charge in [-0.25, -0.2) is 0 Å². The van der Waals surface area contributed by atoms with Gasteiger partial charge < -0.3 is 15.3 Å². The maximum Gasteiger partial charge on any atom is 0.237 e. The zero-order valence-corrected chi connectivity index (χ0v) is 14.0. The molecule has 0 bridgehead atoms. The van der Waals surface area contributed by atoms with Crippen LogP contribution in [0.25, 0.3) is 0 Å². The monoisotopic (exact) mass is 305 g/mol. The molecule has 0 aliphatic carbocycles. The molecule has 0 spiro atoms. The molecule has 1 aromatic carbocycles. The van der Waals surface area contributed by atoms with E-state index in [1.54, 1.807) is 6.07 Å². The van der Waals surface area contributed by atoms with Gasteiger partial charge in [-0.05, 0) is 39.8 Å². The van der Waals surface area contributed by atoms with E-state index in [1.165, 1.54) is 0 Å². The van der Waals surface area contributed by atoms with E-state index in [9.17, 15) is 9.90 Å². The number of para-hydroxylation sites is 2. The summed E-state index contributed by atoms with van der Waals surface area (Å²) < 4.78 is 0. The highest BCUT2D eigenvalue weighted by Crippen LogP contribution is 2.27. The van der Waals surface area contributed by atoms with Crippen molar-refractivity contribution in [3.63, 3.8) is 0 Å². The van der Waals surface area contributed by atoms with Crippen molar-refractivity contribution in [1.29, 1.82) is 0 Å². The average molecular weight is 305 g/mol. The van der Waals surface area contributed by atoms with Crippen molar-refractivity contribution < 1.29 is 9.90 Å². The Morgan fingerprint density at radius 3 is 2.32 bits per heavy atom. The molecular formula is C17H27N3O2. The summed E-state index contributed by atoms with van der Waals surface area (Å²) in [6.07, 6.45) is 0. The molecule has 2 rings (SSSR count). The molecule has 0 saturated carbocycles. The summed E-state index contributed by atoms with van der Waals surface area (Å²) >= 11 is 0. The van der Waals surface area contributed by atoms with E-state index in [-0.39, 0.29) is 17.5 Å². The molecule has 2 N–H and O–H groups in total. The first kappa shape index (κ1) is 16.6. The highest BCUT2D eigenvalue weighted by molar-refractivity contribution is 5.82. The van der Waals surface area contributed by atoms with Crippen molar-refractivity contribution in [2.24, 2.45) is 0 Å². The summed E-state index contributed by atoms with van der Waals surface area (Å²) in [5, 5.41) is 13.0. The normalized spacial score (nSPS) is 18.1. The average Bonchev–Trinajstić information content (AvgIpc) is 2.45. The van der Waals surface area contributed by atoms with Gasteiger partial charge in [0.2, 0.25) is 5.91 Å². The maximum atomic E-state index is 12.3. The second-order valence-corrected chi connectivity index (χ2v) is 6.93. The van der Waals surface area contributed by atoms with E-state index in [1.807, 2.05) is 45.9 Å². The van der Waals surface area contributed by atoms with Gasteiger partial charge in [0.1, 0.15) is 5.75 Å². The number of amides is 1. The van der Waals surface area contributed by atoms with Crippen LogP contribution in [-0.2, 0) is 4.79 Å². The van der Waals surface area contributed by atoms with Crippen LogP contribution in [0.5, 0.6) is 5.75 Å². The van der Waals surface area contributed by atoms with Crippen LogP contribution in [0.4, 0.5) is 5.69 Å². The van der Waals surface area contributed by atoms with Gasteiger partial charge in [0.25, 0.3) is 0 Å². The van der Waals surface area contributed by atoms with Gasteiger partial charge >= 0.3 is 0 Å². The molecular weight excluding hydrogens is 278 g/mol. The van der Waals surface area contributed by atoms with Gasteiger partial charge in [-0.1, -0.05) is 12.1 Å². The van der Waals surface area contributed by atoms with E-state index >= 15 is 0 Å². The number of hydrogen-bond donors (Lipinski definition) is 2. The van der Waals surface area contributed by atoms with E-state index < -0.39 is 0 Å². The maximum absolute atomic E-state index is 12.3. The third-order valence-corrected chi connectivity index (χ3v) is 3.96. The summed E-state index contributed by atoms with van der Waals surface area (Å²) in [5.41, 5.74) is 0.664. The second-order valence-electron chi connectivity index (χ2n) is 6.93. The number of anilines is 1. The molecule has 1 aliphatic heterocycles. The number of nitrogens with one attached hydrogen (secondary N) is 1. The number of nitrogens with zero attached hydrogens (tertiary/aromatic N) is 2. The van der Waals surface area contributed by atoms with Crippen molar-refractivity contribution in [3.8, 4) is 5.75 Å². The lowest BCUT2D eigenvalue weighted by atomic mass is 10.1. The minimum Gasteiger partial charge on any atom is -0.506 e. The first-order valence-corrected chi connectivity index (χ1v) is 7.87. The Bertz CT molecular complexity index is 517. The molecule has 0 aromatic heterocycles. The number of aromatic hydroxyl groups is 1. The minimum absolute atomic E-state index is 0.0727. The van der Waals surface area contributed by atoms with Crippen LogP contribution < -0.4 is 10.2 Å². The van der Waals surface area contributed by atoms with Crippen molar-refractivity contribution in [1.82, 2.24) is 10.2 Å². The Labute approximate surface area is 132 Å². The van der Waals surface area contributed by atoms with E-state index in [2.05, 4.69) is 15.1 Å². The summed E-state index contributed by atoms with van der Waals surface area (Å²) in [5.74, 6) is 0.387. The fourth-order valence-corrected chi connectivity index (χ4v) is 2.72. The van der Waals surface area contributed by atoms with Crippen LogP contribution in [-0.4, -0.2) is 53.7 Å². The molecule has 5 heteroatoms. The smallest absolute Gasteiger partial charge is 0.237 e. The van der Waals surface area contributed by atoms with Crippen LogP contribution in [0.1, 0.15) is 27.7 Å². The molecule has 0 unspecified atom stereocenters. The van der Waals surface area contributed by atoms with Crippen LogP contribution >= 0.6 is 0 Å². The Morgan fingerprint density at radius 2 is 1.77 bits per heavy atom. The number of phenolic OH excluding ortho intramolecular Hbond substituents is 1. The zero-order valence-electron chi connectivity index (χ0n) is 14.0. The third-order valence-electron chi connectivity index (χ3n) is 3.96. The number of rotatable bonds is 3. The lowest BCUT2D eigenvalue weighted by Crippen LogP contribution is -2.56. The number of carbonyl (C=O) groups is 1. The molecule has 1 amide bonds. The van der Waals surface area contributed by atoms with Crippen LogP contribution in [0.15, 0.2) is 24.3 Å². The standard InChI is InChI=1S/C17H27N3O2/c1-13(16(22)18-17(2,3)4)19-9-11-20(12-10-19)14-7-5-6-8-15(14)21/h5-8,13,21H,9-12H2,1-4H3,(H,18,22)/t13-/m0/s1. The molecule has 0 radical (unpaired) electrons. The Hall–Kier alpha value is -1.75. The largest absolute Gasteiger partial charge is 0.506 e. The first-order valence-electron chi connectivity index (χ1n) is 7.87. The summed E-state index contributed by atoms with van der Waals surface area (Å²) in [6.45, 7) is 11.2. The van der Waals surface area contributed by atoms with E-state index in [0.29, 0.717) is 5.75 Å². The second kappa shape index (κ2) is 6.57. The van der Waals surface area contributed by atoms with Crippen molar-refractivity contribution in [2.75, 3.05) is 31.1 Å². The van der Waals surface area contributed by atoms with E-state index in [4.69, 9.17) is 0 Å². The van der Waals surface area contributed by atoms with Gasteiger partial charge in [-0.3, -0.25) is 9.69 Å². The Morgan fingerprint density at radius 1 is 1.18 bits per heavy atom. The number of carbonyl (C=O) groups excluding carboxylic acids is 1. The predicted octanol–water partition coefficient (Wildman–Crippen LogP) is 1.82. The molecule has 22 heavy (non-hydrogen) atoms. The molecule has 1 atom stereocenters. The number of benzene rings is 1. The first-order chi connectivity index (χ1) is 10.3. The number of phenols is 1. The number of hydrogen-bond acceptors (Lipinski definition) is 4. The molecule has 1 aliphatic rings. The van der Waals surface area contributed by atoms with E-state index in [0.717, 1.165) is 31.9 Å². The topological polar surface area (TPSA) is 55.8 Å². The highest BCUT2D eigenvalue weighted by atomic mass is 16.3. The van der Waals surface area contributed by atoms with Gasteiger partial charge in [0, 0.05) is 31.7 Å². The van der Waals surface area contributed by atoms with Crippen molar-refractivity contribution >= 4 is 11.6 Å². The van der Waals surface area contributed by atoms with Gasteiger partial charge in [-0.2, -0.15) is 0 Å². The van der Waals surface area contributed by atoms with Crippen LogP contribution in [0, 0.1) is 0 Å². The fraction of sp³-hybridized carbons (Fsp3) is 0.588. The third kappa shape index (κ3) is 4.13. The predicted molar refractivity (Wildman–Crippen MR) is 89.3 cm³/mol. The number of piperazine rings is 1. The Balaban J connectivity index is 1.92. The van der Waals surface area contributed by atoms with Crippen molar-refractivity contribution in [2.45, 2.75) is 39.3 Å². The highest BCUT2D eigenvalue weighted by Gasteiger charge is 2.28. The van der Waals surface area contributed by atoms with Crippen molar-refractivity contribution in [3.05, 3.63) is 24.3 Å². The minimum atomic E-state index is -0.205. The van der Waals surface area contributed by atoms with Crippen LogP contribution in [0.2, 0.25) is 0 Å². The molecule has 5 nitrogen and oxygen atoms in total. The van der Waals surface area contributed by atoms with Crippen LogP contribution in [0.3, 0.4) is 0 Å². The summed E-state index contributed by atoms with van der Waals surface area (Å²) in [4.78, 5) is 16.6. The quantitative estimate of drug-likeness (QED) is 0.894. The molecule has 1 aromatic rings. The lowest BCUT2D eigenvalue weighted by Gasteiger charge is -2.39. The molecule has 1 saturated heterocycles. The zero-order chi connectivity index (χ0) is 16.3. The summed E-state index contributed by atoms with van der Waals surface area (Å²) in [7, 11) is 0. The molecule has 122 valence electrons.